The first-order chi connectivity index (χ1) is 12.3. The zero-order valence-electron chi connectivity index (χ0n) is 15.4. The average molecular weight is 372 g/mol. The van der Waals surface area contributed by atoms with Crippen molar-refractivity contribution >= 4 is 21.6 Å². The fourth-order valence-electron chi connectivity index (χ4n) is 3.37. The first-order valence-corrected chi connectivity index (χ1v) is 10.3. The van der Waals surface area contributed by atoms with E-state index in [9.17, 15) is 13.2 Å². The Morgan fingerprint density at radius 2 is 1.58 bits per heavy atom. The fraction of sp³-hybridized carbons (Fsp3) is 0.350. The standard InChI is InChI=1S/C20H24N2O3S/c1-14-10-15(2)12-18(11-14)21-26(24,25)19-13-17(7-6-16(19)3)20(23)22-8-4-5-9-22/h6-7,10-13,21H,4-5,8-9H2,1-3H3. The number of hydrogen-bond acceptors (Lipinski definition) is 3. The maximum Gasteiger partial charge on any atom is 0.262 e. The summed E-state index contributed by atoms with van der Waals surface area (Å²) in [4.78, 5) is 14.5. The van der Waals surface area contributed by atoms with Gasteiger partial charge in [-0.15, -0.1) is 0 Å². The molecular weight excluding hydrogens is 348 g/mol. The largest absolute Gasteiger partial charge is 0.339 e. The Labute approximate surface area is 155 Å². The normalized spacial score (nSPS) is 14.5. The molecule has 0 atom stereocenters. The monoisotopic (exact) mass is 372 g/mol. The highest BCUT2D eigenvalue weighted by Gasteiger charge is 2.23. The number of rotatable bonds is 4. The van der Waals surface area contributed by atoms with Gasteiger partial charge in [0.25, 0.3) is 15.9 Å². The zero-order chi connectivity index (χ0) is 18.9. The third-order valence-electron chi connectivity index (χ3n) is 4.59. The van der Waals surface area contributed by atoms with E-state index in [1.807, 2.05) is 19.9 Å². The topological polar surface area (TPSA) is 66.5 Å². The Bertz CT molecular complexity index is 925. The molecule has 1 saturated heterocycles. The van der Waals surface area contributed by atoms with E-state index in [2.05, 4.69) is 4.72 Å². The second-order valence-electron chi connectivity index (χ2n) is 6.96. The molecule has 0 spiro atoms. The van der Waals surface area contributed by atoms with Crippen molar-refractivity contribution in [1.82, 2.24) is 4.90 Å². The predicted octanol–water partition coefficient (Wildman–Crippen LogP) is 3.65. The number of sulfonamides is 1. The SMILES string of the molecule is Cc1cc(C)cc(NS(=O)(=O)c2cc(C(=O)N3CCCC3)ccc2C)c1. The van der Waals surface area contributed by atoms with Crippen molar-refractivity contribution in [1.29, 1.82) is 0 Å². The van der Waals surface area contributed by atoms with E-state index in [-0.39, 0.29) is 10.8 Å². The summed E-state index contributed by atoms with van der Waals surface area (Å²) in [6, 6.07) is 10.4. The highest BCUT2D eigenvalue weighted by Crippen LogP contribution is 2.23. The fourth-order valence-corrected chi connectivity index (χ4v) is 4.68. The Balaban J connectivity index is 1.93. The lowest BCUT2D eigenvalue weighted by atomic mass is 10.1. The molecule has 3 rings (SSSR count). The van der Waals surface area contributed by atoms with Crippen molar-refractivity contribution in [3.05, 3.63) is 58.7 Å². The molecule has 1 aliphatic rings. The number of amides is 1. The molecule has 26 heavy (non-hydrogen) atoms. The molecule has 0 unspecified atom stereocenters. The van der Waals surface area contributed by atoms with Crippen LogP contribution in [-0.4, -0.2) is 32.3 Å². The summed E-state index contributed by atoms with van der Waals surface area (Å²) < 4.78 is 28.5. The summed E-state index contributed by atoms with van der Waals surface area (Å²) in [5, 5.41) is 0. The lowest BCUT2D eigenvalue weighted by Gasteiger charge is -2.17. The zero-order valence-corrected chi connectivity index (χ0v) is 16.2. The summed E-state index contributed by atoms with van der Waals surface area (Å²) in [7, 11) is -3.78. The van der Waals surface area contributed by atoms with Crippen LogP contribution in [0.5, 0.6) is 0 Å². The molecule has 1 heterocycles. The van der Waals surface area contributed by atoms with Gasteiger partial charge in [0.2, 0.25) is 0 Å². The van der Waals surface area contributed by atoms with Gasteiger partial charge < -0.3 is 4.90 Å². The molecule has 0 aliphatic carbocycles. The van der Waals surface area contributed by atoms with E-state index in [1.54, 1.807) is 36.1 Å². The number of anilines is 1. The summed E-state index contributed by atoms with van der Waals surface area (Å²) in [6.07, 6.45) is 1.99. The van der Waals surface area contributed by atoms with Crippen LogP contribution in [-0.2, 0) is 10.0 Å². The van der Waals surface area contributed by atoms with Crippen LogP contribution in [0.4, 0.5) is 5.69 Å². The number of nitrogens with zero attached hydrogens (tertiary/aromatic N) is 1. The number of benzene rings is 2. The molecule has 0 radical (unpaired) electrons. The van der Waals surface area contributed by atoms with Crippen molar-refractivity contribution in [2.45, 2.75) is 38.5 Å². The van der Waals surface area contributed by atoms with E-state index in [0.29, 0.717) is 16.8 Å². The van der Waals surface area contributed by atoms with Crippen molar-refractivity contribution in [2.75, 3.05) is 17.8 Å². The van der Waals surface area contributed by atoms with Crippen LogP contribution in [0, 0.1) is 20.8 Å². The Kier molecular flexibility index (Phi) is 5.05. The van der Waals surface area contributed by atoms with E-state index < -0.39 is 10.0 Å². The lowest BCUT2D eigenvalue weighted by Crippen LogP contribution is -2.28. The van der Waals surface area contributed by atoms with Gasteiger partial charge in [0.15, 0.2) is 0 Å². The summed E-state index contributed by atoms with van der Waals surface area (Å²) >= 11 is 0. The van der Waals surface area contributed by atoms with Gasteiger partial charge in [-0.25, -0.2) is 8.42 Å². The average Bonchev–Trinajstić information content (AvgIpc) is 3.07. The number of aryl methyl sites for hydroxylation is 3. The molecule has 1 fully saturated rings. The maximum atomic E-state index is 12.9. The van der Waals surface area contributed by atoms with Crippen LogP contribution >= 0.6 is 0 Å². The molecular formula is C20H24N2O3S. The Hall–Kier alpha value is -2.34. The summed E-state index contributed by atoms with van der Waals surface area (Å²) in [6.45, 7) is 7.04. The first kappa shape index (κ1) is 18.5. The molecule has 0 bridgehead atoms. The van der Waals surface area contributed by atoms with Gasteiger partial charge in [-0.2, -0.15) is 0 Å². The van der Waals surface area contributed by atoms with Gasteiger partial charge in [0.05, 0.1) is 4.90 Å². The summed E-state index contributed by atoms with van der Waals surface area (Å²) in [5.74, 6) is -0.106. The quantitative estimate of drug-likeness (QED) is 0.891. The minimum absolute atomic E-state index is 0.106. The van der Waals surface area contributed by atoms with Crippen molar-refractivity contribution < 1.29 is 13.2 Å². The number of carbonyl (C=O) groups is 1. The number of hydrogen-bond donors (Lipinski definition) is 1. The third-order valence-corrected chi connectivity index (χ3v) is 6.12. The molecule has 5 nitrogen and oxygen atoms in total. The third kappa shape index (κ3) is 3.90. The van der Waals surface area contributed by atoms with Gasteiger partial charge >= 0.3 is 0 Å². The number of carbonyl (C=O) groups excluding carboxylic acids is 1. The van der Waals surface area contributed by atoms with Crippen molar-refractivity contribution in [3.8, 4) is 0 Å². The van der Waals surface area contributed by atoms with E-state index in [4.69, 9.17) is 0 Å². The van der Waals surface area contributed by atoms with Gasteiger partial charge in [-0.3, -0.25) is 9.52 Å². The molecule has 6 heteroatoms. The molecule has 1 N–H and O–H groups in total. The number of nitrogens with one attached hydrogen (secondary N) is 1. The highest BCUT2D eigenvalue weighted by atomic mass is 32.2. The second kappa shape index (κ2) is 7.11. The van der Waals surface area contributed by atoms with Crippen LogP contribution < -0.4 is 4.72 Å². The smallest absolute Gasteiger partial charge is 0.262 e. The molecule has 2 aromatic rings. The van der Waals surface area contributed by atoms with E-state index >= 15 is 0 Å². The Morgan fingerprint density at radius 1 is 0.962 bits per heavy atom. The Morgan fingerprint density at radius 3 is 2.19 bits per heavy atom. The molecule has 1 aliphatic heterocycles. The number of likely N-dealkylation sites (tertiary alicyclic amines) is 1. The van der Waals surface area contributed by atoms with E-state index in [0.717, 1.165) is 37.1 Å². The van der Waals surface area contributed by atoms with Crippen LogP contribution in [0.3, 0.4) is 0 Å². The highest BCUT2D eigenvalue weighted by molar-refractivity contribution is 7.92. The minimum atomic E-state index is -3.78. The van der Waals surface area contributed by atoms with E-state index in [1.165, 1.54) is 6.07 Å². The van der Waals surface area contributed by atoms with Gasteiger partial charge in [-0.05, 0) is 74.6 Å². The predicted molar refractivity (Wildman–Crippen MR) is 103 cm³/mol. The van der Waals surface area contributed by atoms with Crippen LogP contribution in [0.1, 0.15) is 39.9 Å². The van der Waals surface area contributed by atoms with Crippen LogP contribution in [0.2, 0.25) is 0 Å². The molecule has 0 aromatic heterocycles. The summed E-state index contributed by atoms with van der Waals surface area (Å²) in [5.41, 5.74) is 3.52. The van der Waals surface area contributed by atoms with Gasteiger partial charge in [-0.1, -0.05) is 12.1 Å². The molecule has 2 aromatic carbocycles. The van der Waals surface area contributed by atoms with Crippen molar-refractivity contribution in [2.24, 2.45) is 0 Å². The van der Waals surface area contributed by atoms with Crippen LogP contribution in [0.15, 0.2) is 41.3 Å². The molecule has 138 valence electrons. The first-order valence-electron chi connectivity index (χ1n) is 8.77. The minimum Gasteiger partial charge on any atom is -0.339 e. The van der Waals surface area contributed by atoms with Crippen LogP contribution in [0.25, 0.3) is 0 Å². The molecule has 0 saturated carbocycles. The lowest BCUT2D eigenvalue weighted by molar-refractivity contribution is 0.0792. The van der Waals surface area contributed by atoms with Crippen molar-refractivity contribution in [3.63, 3.8) is 0 Å². The van der Waals surface area contributed by atoms with Gasteiger partial charge in [0.1, 0.15) is 0 Å². The molecule has 1 amide bonds. The van der Waals surface area contributed by atoms with Gasteiger partial charge in [0, 0.05) is 24.3 Å². The second-order valence-corrected chi connectivity index (χ2v) is 8.61. The maximum absolute atomic E-state index is 12.9.